The van der Waals surface area contributed by atoms with Crippen LogP contribution in [0.15, 0.2) is 53.4 Å². The van der Waals surface area contributed by atoms with E-state index in [-0.39, 0.29) is 11.5 Å². The molecule has 156 valence electrons. The van der Waals surface area contributed by atoms with Crippen molar-refractivity contribution in [2.45, 2.75) is 18.7 Å². The summed E-state index contributed by atoms with van der Waals surface area (Å²) in [6.07, 6.45) is 0. The fourth-order valence-corrected chi connectivity index (χ4v) is 4.06. The Morgan fingerprint density at radius 3 is 2.28 bits per heavy atom. The molecule has 0 aromatic heterocycles. The van der Waals surface area contributed by atoms with Gasteiger partial charge in [-0.25, -0.2) is 13.2 Å². The van der Waals surface area contributed by atoms with Gasteiger partial charge in [0.25, 0.3) is 5.91 Å². The SMILES string of the molecule is CCN(CC)S(=O)(=O)c1ccc(NC(=O)COc2cccc(C(=O)OC)c2)cc1. The molecule has 0 aliphatic rings. The van der Waals surface area contributed by atoms with Crippen molar-refractivity contribution >= 4 is 27.6 Å². The number of benzene rings is 2. The van der Waals surface area contributed by atoms with Crippen LogP contribution in [0.5, 0.6) is 5.75 Å². The predicted octanol–water partition coefficient (Wildman–Crippen LogP) is 2.52. The number of hydrogen-bond acceptors (Lipinski definition) is 6. The number of anilines is 1. The van der Waals surface area contributed by atoms with Crippen LogP contribution in [0.25, 0.3) is 0 Å². The molecular weight excluding hydrogens is 396 g/mol. The molecule has 0 heterocycles. The molecule has 0 atom stereocenters. The molecule has 0 saturated carbocycles. The molecule has 29 heavy (non-hydrogen) atoms. The van der Waals surface area contributed by atoms with Crippen molar-refractivity contribution in [3.8, 4) is 5.75 Å². The first kappa shape index (κ1) is 22.4. The van der Waals surface area contributed by atoms with E-state index in [1.165, 1.54) is 41.7 Å². The zero-order chi connectivity index (χ0) is 21.4. The van der Waals surface area contributed by atoms with Crippen LogP contribution in [-0.2, 0) is 19.6 Å². The Kier molecular flexibility index (Phi) is 7.74. The van der Waals surface area contributed by atoms with E-state index in [2.05, 4.69) is 10.1 Å². The average molecular weight is 420 g/mol. The summed E-state index contributed by atoms with van der Waals surface area (Å²) >= 11 is 0. The minimum atomic E-state index is -3.55. The van der Waals surface area contributed by atoms with Crippen LogP contribution in [-0.4, -0.2) is 51.4 Å². The van der Waals surface area contributed by atoms with Gasteiger partial charge < -0.3 is 14.8 Å². The monoisotopic (exact) mass is 420 g/mol. The van der Waals surface area contributed by atoms with Crippen molar-refractivity contribution in [3.63, 3.8) is 0 Å². The Balaban J connectivity index is 1.97. The summed E-state index contributed by atoms with van der Waals surface area (Å²) in [6, 6.07) is 12.2. The molecule has 0 radical (unpaired) electrons. The maximum Gasteiger partial charge on any atom is 0.337 e. The molecule has 2 aromatic rings. The molecule has 1 amide bonds. The minimum Gasteiger partial charge on any atom is -0.484 e. The second-order valence-corrected chi connectivity index (χ2v) is 7.91. The first-order chi connectivity index (χ1) is 13.8. The van der Waals surface area contributed by atoms with E-state index in [9.17, 15) is 18.0 Å². The highest BCUT2D eigenvalue weighted by atomic mass is 32.2. The van der Waals surface area contributed by atoms with Gasteiger partial charge in [0.2, 0.25) is 10.0 Å². The van der Waals surface area contributed by atoms with Crippen molar-refractivity contribution in [2.75, 3.05) is 32.1 Å². The van der Waals surface area contributed by atoms with Crippen molar-refractivity contribution in [2.24, 2.45) is 0 Å². The number of methoxy groups -OCH3 is 1. The summed E-state index contributed by atoms with van der Waals surface area (Å²) in [5.74, 6) is -0.573. The summed E-state index contributed by atoms with van der Waals surface area (Å²) in [5, 5.41) is 2.63. The third-order valence-electron chi connectivity index (χ3n) is 4.11. The van der Waals surface area contributed by atoms with E-state index in [4.69, 9.17) is 4.74 Å². The Labute approximate surface area is 170 Å². The van der Waals surface area contributed by atoms with Crippen LogP contribution in [0.1, 0.15) is 24.2 Å². The summed E-state index contributed by atoms with van der Waals surface area (Å²) in [5.41, 5.74) is 0.760. The van der Waals surface area contributed by atoms with Gasteiger partial charge in [-0.05, 0) is 42.5 Å². The summed E-state index contributed by atoms with van der Waals surface area (Å²) < 4.78 is 36.3. The van der Waals surface area contributed by atoms with Crippen molar-refractivity contribution in [3.05, 3.63) is 54.1 Å². The Morgan fingerprint density at radius 2 is 1.69 bits per heavy atom. The van der Waals surface area contributed by atoms with Crippen molar-refractivity contribution in [1.82, 2.24) is 4.31 Å². The number of ether oxygens (including phenoxy) is 2. The highest BCUT2D eigenvalue weighted by Crippen LogP contribution is 2.18. The minimum absolute atomic E-state index is 0.162. The lowest BCUT2D eigenvalue weighted by Crippen LogP contribution is -2.30. The predicted molar refractivity (Wildman–Crippen MR) is 108 cm³/mol. The number of esters is 1. The zero-order valence-electron chi connectivity index (χ0n) is 16.5. The molecule has 1 N–H and O–H groups in total. The van der Waals surface area contributed by atoms with Crippen LogP contribution in [0.3, 0.4) is 0 Å². The topological polar surface area (TPSA) is 102 Å². The van der Waals surface area contributed by atoms with E-state index in [1.54, 1.807) is 32.0 Å². The third kappa shape index (κ3) is 5.78. The fourth-order valence-electron chi connectivity index (χ4n) is 2.60. The summed E-state index contributed by atoms with van der Waals surface area (Å²) in [6.45, 7) is 4.04. The first-order valence-corrected chi connectivity index (χ1v) is 10.5. The molecule has 0 saturated heterocycles. The molecular formula is C20H24N2O6S. The Morgan fingerprint density at radius 1 is 1.03 bits per heavy atom. The molecule has 9 heteroatoms. The number of amides is 1. The molecule has 0 unspecified atom stereocenters. The largest absolute Gasteiger partial charge is 0.484 e. The van der Waals surface area contributed by atoms with Crippen LogP contribution < -0.4 is 10.1 Å². The van der Waals surface area contributed by atoms with Crippen LogP contribution in [0.4, 0.5) is 5.69 Å². The van der Waals surface area contributed by atoms with Gasteiger partial charge >= 0.3 is 5.97 Å². The normalized spacial score (nSPS) is 11.2. The van der Waals surface area contributed by atoms with Gasteiger partial charge in [-0.1, -0.05) is 19.9 Å². The standard InChI is InChI=1S/C20H24N2O6S/c1-4-22(5-2)29(25,26)18-11-9-16(10-12-18)21-19(23)14-28-17-8-6-7-15(13-17)20(24)27-3/h6-13H,4-5,14H2,1-3H3,(H,21,23). The van der Waals surface area contributed by atoms with Gasteiger partial charge in [0.15, 0.2) is 6.61 Å². The Bertz CT molecular complexity index is 953. The molecule has 0 fully saturated rings. The number of hydrogen-bond donors (Lipinski definition) is 1. The first-order valence-electron chi connectivity index (χ1n) is 9.03. The lowest BCUT2D eigenvalue weighted by Gasteiger charge is -2.18. The smallest absolute Gasteiger partial charge is 0.337 e. The van der Waals surface area contributed by atoms with E-state index in [0.29, 0.717) is 30.1 Å². The quantitative estimate of drug-likeness (QED) is 0.626. The summed E-state index contributed by atoms with van der Waals surface area (Å²) in [4.78, 5) is 23.8. The van der Waals surface area contributed by atoms with E-state index < -0.39 is 21.9 Å². The molecule has 0 spiro atoms. The lowest BCUT2D eigenvalue weighted by molar-refractivity contribution is -0.118. The lowest BCUT2D eigenvalue weighted by atomic mass is 10.2. The van der Waals surface area contributed by atoms with Gasteiger partial charge in [-0.15, -0.1) is 0 Å². The molecule has 2 rings (SSSR count). The number of nitrogens with zero attached hydrogens (tertiary/aromatic N) is 1. The summed E-state index contributed by atoms with van der Waals surface area (Å²) in [7, 11) is -2.27. The van der Waals surface area contributed by atoms with Crippen molar-refractivity contribution < 1.29 is 27.5 Å². The van der Waals surface area contributed by atoms with Crippen LogP contribution in [0, 0.1) is 0 Å². The van der Waals surface area contributed by atoms with Gasteiger partial charge in [0.05, 0.1) is 17.6 Å². The number of sulfonamides is 1. The number of nitrogens with one attached hydrogen (secondary N) is 1. The van der Waals surface area contributed by atoms with E-state index in [1.807, 2.05) is 0 Å². The number of carbonyl (C=O) groups is 2. The van der Waals surface area contributed by atoms with E-state index >= 15 is 0 Å². The molecule has 0 bridgehead atoms. The van der Waals surface area contributed by atoms with Gasteiger partial charge in [-0.3, -0.25) is 4.79 Å². The second kappa shape index (κ2) is 10.0. The van der Waals surface area contributed by atoms with Gasteiger partial charge in [-0.2, -0.15) is 4.31 Å². The fraction of sp³-hybridized carbons (Fsp3) is 0.300. The molecule has 8 nitrogen and oxygen atoms in total. The van der Waals surface area contributed by atoms with Gasteiger partial charge in [0.1, 0.15) is 5.75 Å². The third-order valence-corrected chi connectivity index (χ3v) is 6.17. The highest BCUT2D eigenvalue weighted by molar-refractivity contribution is 7.89. The van der Waals surface area contributed by atoms with Crippen LogP contribution in [0.2, 0.25) is 0 Å². The second-order valence-electron chi connectivity index (χ2n) is 5.97. The van der Waals surface area contributed by atoms with E-state index in [0.717, 1.165) is 0 Å². The van der Waals surface area contributed by atoms with Crippen LogP contribution >= 0.6 is 0 Å². The Hall–Kier alpha value is -2.91. The van der Waals surface area contributed by atoms with Gasteiger partial charge in [0, 0.05) is 18.8 Å². The number of rotatable bonds is 9. The number of carbonyl (C=O) groups excluding carboxylic acids is 2. The maximum absolute atomic E-state index is 12.5. The molecule has 0 aliphatic heterocycles. The zero-order valence-corrected chi connectivity index (χ0v) is 17.4. The average Bonchev–Trinajstić information content (AvgIpc) is 2.73. The molecule has 2 aromatic carbocycles. The van der Waals surface area contributed by atoms with Crippen molar-refractivity contribution in [1.29, 1.82) is 0 Å². The maximum atomic E-state index is 12.5. The molecule has 0 aliphatic carbocycles. The highest BCUT2D eigenvalue weighted by Gasteiger charge is 2.21.